The summed E-state index contributed by atoms with van der Waals surface area (Å²) in [7, 11) is 0. The summed E-state index contributed by atoms with van der Waals surface area (Å²) in [5.41, 5.74) is 6.94. The maximum Gasteiger partial charge on any atom is 0.326 e. The van der Waals surface area contributed by atoms with Crippen LogP contribution < -0.4 is 11.1 Å². The molecule has 0 aliphatic heterocycles. The van der Waals surface area contributed by atoms with Gasteiger partial charge in [0.2, 0.25) is 0 Å². The van der Waals surface area contributed by atoms with Gasteiger partial charge >= 0.3 is 5.97 Å². The molecule has 0 aliphatic carbocycles. The van der Waals surface area contributed by atoms with E-state index in [4.69, 9.17) is 10.8 Å². The van der Waals surface area contributed by atoms with Crippen molar-refractivity contribution >= 4 is 11.9 Å². The second kappa shape index (κ2) is 6.76. The van der Waals surface area contributed by atoms with E-state index in [-0.39, 0.29) is 5.91 Å². The van der Waals surface area contributed by atoms with E-state index < -0.39 is 12.0 Å². The van der Waals surface area contributed by atoms with E-state index >= 15 is 0 Å². The topological polar surface area (TPSA) is 92.4 Å². The highest BCUT2D eigenvalue weighted by molar-refractivity contribution is 5.96. The molecule has 98 valence electrons. The average molecular weight is 250 g/mol. The van der Waals surface area contributed by atoms with Crippen molar-refractivity contribution in [1.82, 2.24) is 5.32 Å². The van der Waals surface area contributed by atoms with E-state index in [1.807, 2.05) is 12.1 Å². The van der Waals surface area contributed by atoms with Crippen molar-refractivity contribution < 1.29 is 14.7 Å². The lowest BCUT2D eigenvalue weighted by Gasteiger charge is -2.12. The normalized spacial score (nSPS) is 11.9. The number of nitrogens with two attached hydrogens (primary N) is 1. The minimum Gasteiger partial charge on any atom is -0.480 e. The number of carboxylic acid groups (broad SMARTS) is 1. The maximum absolute atomic E-state index is 11.8. The monoisotopic (exact) mass is 250 g/mol. The quantitative estimate of drug-likeness (QED) is 0.695. The van der Waals surface area contributed by atoms with Gasteiger partial charge in [-0.15, -0.1) is 0 Å². The van der Waals surface area contributed by atoms with E-state index in [1.165, 1.54) is 0 Å². The number of rotatable bonds is 6. The summed E-state index contributed by atoms with van der Waals surface area (Å²) >= 11 is 0. The lowest BCUT2D eigenvalue weighted by molar-refractivity contribution is -0.139. The summed E-state index contributed by atoms with van der Waals surface area (Å²) < 4.78 is 0. The first-order valence-electron chi connectivity index (χ1n) is 5.91. The van der Waals surface area contributed by atoms with E-state index in [9.17, 15) is 9.59 Å². The van der Waals surface area contributed by atoms with E-state index in [0.717, 1.165) is 12.0 Å². The van der Waals surface area contributed by atoms with Crippen LogP contribution in [-0.2, 0) is 11.2 Å². The maximum atomic E-state index is 11.8. The zero-order chi connectivity index (χ0) is 13.5. The molecule has 1 amide bonds. The molecular formula is C13H18N2O3. The zero-order valence-corrected chi connectivity index (χ0v) is 10.3. The Morgan fingerprint density at radius 2 is 1.94 bits per heavy atom. The molecule has 0 saturated heterocycles. The number of hydrogen-bond acceptors (Lipinski definition) is 3. The Morgan fingerprint density at radius 1 is 1.33 bits per heavy atom. The molecule has 0 aromatic heterocycles. The Labute approximate surface area is 106 Å². The lowest BCUT2D eigenvalue weighted by atomic mass is 10.1. The second-order valence-electron chi connectivity index (χ2n) is 4.01. The molecule has 0 radical (unpaired) electrons. The van der Waals surface area contributed by atoms with Crippen molar-refractivity contribution in [3.05, 3.63) is 35.4 Å². The van der Waals surface area contributed by atoms with Crippen molar-refractivity contribution in [3.8, 4) is 0 Å². The van der Waals surface area contributed by atoms with Gasteiger partial charge in [0.05, 0.1) is 0 Å². The second-order valence-corrected chi connectivity index (χ2v) is 4.01. The summed E-state index contributed by atoms with van der Waals surface area (Å²) in [6, 6.07) is 6.15. The van der Waals surface area contributed by atoms with Crippen molar-refractivity contribution in [2.45, 2.75) is 25.8 Å². The number of hydrogen-bond donors (Lipinski definition) is 3. The number of carbonyl (C=O) groups excluding carboxylic acids is 1. The van der Waals surface area contributed by atoms with Crippen molar-refractivity contribution in [2.24, 2.45) is 5.73 Å². The van der Waals surface area contributed by atoms with Gasteiger partial charge < -0.3 is 16.2 Å². The van der Waals surface area contributed by atoms with Crippen LogP contribution in [0.2, 0.25) is 0 Å². The molecule has 1 unspecified atom stereocenters. The van der Waals surface area contributed by atoms with Crippen molar-refractivity contribution in [1.29, 1.82) is 0 Å². The molecule has 5 heteroatoms. The molecule has 0 bridgehead atoms. The molecule has 0 heterocycles. The molecule has 1 aromatic rings. The SMILES string of the molecule is CCC(NC(=O)c1ccc(CCN)cc1)C(=O)O. The third kappa shape index (κ3) is 3.85. The first-order chi connectivity index (χ1) is 8.58. The number of amides is 1. The highest BCUT2D eigenvalue weighted by Gasteiger charge is 2.18. The van der Waals surface area contributed by atoms with Gasteiger partial charge in [0.1, 0.15) is 6.04 Å². The molecule has 0 fully saturated rings. The van der Waals surface area contributed by atoms with Crippen molar-refractivity contribution in [3.63, 3.8) is 0 Å². The third-order valence-electron chi connectivity index (χ3n) is 2.66. The summed E-state index contributed by atoms with van der Waals surface area (Å²) in [6.07, 6.45) is 1.11. The van der Waals surface area contributed by atoms with Gasteiger partial charge in [-0.3, -0.25) is 4.79 Å². The fourth-order valence-electron chi connectivity index (χ4n) is 1.57. The fraction of sp³-hybridized carbons (Fsp3) is 0.385. The van der Waals surface area contributed by atoms with Crippen LogP contribution in [0.15, 0.2) is 24.3 Å². The Balaban J connectivity index is 2.69. The van der Waals surface area contributed by atoms with Crippen LogP contribution >= 0.6 is 0 Å². The number of carbonyl (C=O) groups is 2. The van der Waals surface area contributed by atoms with Gasteiger partial charge in [0.15, 0.2) is 0 Å². The summed E-state index contributed by atoms with van der Waals surface area (Å²) in [6.45, 7) is 2.27. The molecule has 1 rings (SSSR count). The van der Waals surface area contributed by atoms with Crippen molar-refractivity contribution in [2.75, 3.05) is 6.54 Å². The van der Waals surface area contributed by atoms with Gasteiger partial charge in [0, 0.05) is 5.56 Å². The summed E-state index contributed by atoms with van der Waals surface area (Å²) in [5, 5.41) is 11.3. The predicted octanol–water partition coefficient (Wildman–Crippen LogP) is 0.781. The highest BCUT2D eigenvalue weighted by Crippen LogP contribution is 2.05. The van der Waals surface area contributed by atoms with E-state index in [2.05, 4.69) is 5.32 Å². The Hall–Kier alpha value is -1.88. The van der Waals surface area contributed by atoms with Gasteiger partial charge in [-0.2, -0.15) is 0 Å². The Morgan fingerprint density at radius 3 is 2.39 bits per heavy atom. The first kappa shape index (κ1) is 14.2. The molecule has 18 heavy (non-hydrogen) atoms. The van der Waals surface area contributed by atoms with E-state index in [1.54, 1.807) is 19.1 Å². The average Bonchev–Trinajstić information content (AvgIpc) is 2.36. The Kier molecular flexibility index (Phi) is 5.32. The Bertz CT molecular complexity index is 415. The van der Waals surface area contributed by atoms with Gasteiger partial charge in [-0.1, -0.05) is 19.1 Å². The molecule has 4 N–H and O–H groups in total. The highest BCUT2D eigenvalue weighted by atomic mass is 16.4. The van der Waals surface area contributed by atoms with Crippen LogP contribution in [0.25, 0.3) is 0 Å². The van der Waals surface area contributed by atoms with Crippen LogP contribution in [0.4, 0.5) is 0 Å². The first-order valence-corrected chi connectivity index (χ1v) is 5.91. The summed E-state index contributed by atoms with van der Waals surface area (Å²) in [4.78, 5) is 22.6. The smallest absolute Gasteiger partial charge is 0.326 e. The molecule has 5 nitrogen and oxygen atoms in total. The minimum atomic E-state index is -1.02. The van der Waals surface area contributed by atoms with Crippen LogP contribution in [0, 0.1) is 0 Å². The van der Waals surface area contributed by atoms with Crippen LogP contribution in [-0.4, -0.2) is 29.6 Å². The predicted molar refractivity (Wildman–Crippen MR) is 68.4 cm³/mol. The number of benzene rings is 1. The largest absolute Gasteiger partial charge is 0.480 e. The fourth-order valence-corrected chi connectivity index (χ4v) is 1.57. The molecule has 0 saturated carbocycles. The standard InChI is InChI=1S/C13H18N2O3/c1-2-11(13(17)18)15-12(16)10-5-3-9(4-6-10)7-8-14/h3-6,11H,2,7-8,14H2,1H3,(H,15,16)(H,17,18). The van der Waals surface area contributed by atoms with Gasteiger partial charge in [0.25, 0.3) is 5.91 Å². The lowest BCUT2D eigenvalue weighted by Crippen LogP contribution is -2.40. The molecule has 0 aliphatic rings. The zero-order valence-electron chi connectivity index (χ0n) is 10.3. The summed E-state index contributed by atoms with van der Waals surface area (Å²) in [5.74, 6) is -1.39. The van der Waals surface area contributed by atoms with Crippen LogP contribution in [0.3, 0.4) is 0 Å². The number of nitrogens with one attached hydrogen (secondary N) is 1. The minimum absolute atomic E-state index is 0.354. The van der Waals surface area contributed by atoms with Gasteiger partial charge in [-0.05, 0) is 37.1 Å². The third-order valence-corrected chi connectivity index (χ3v) is 2.66. The van der Waals surface area contributed by atoms with E-state index in [0.29, 0.717) is 18.5 Å². The van der Waals surface area contributed by atoms with Crippen LogP contribution in [0.5, 0.6) is 0 Å². The molecule has 0 spiro atoms. The van der Waals surface area contributed by atoms with Crippen LogP contribution in [0.1, 0.15) is 29.3 Å². The molecule has 1 aromatic carbocycles. The van der Waals surface area contributed by atoms with Gasteiger partial charge in [-0.25, -0.2) is 4.79 Å². The molecular weight excluding hydrogens is 232 g/mol. The number of aliphatic carboxylic acids is 1. The molecule has 1 atom stereocenters. The number of carboxylic acids is 1.